The van der Waals surface area contributed by atoms with E-state index in [1.54, 1.807) is 30.1 Å². The summed E-state index contributed by atoms with van der Waals surface area (Å²) >= 11 is 0. The maximum absolute atomic E-state index is 12.7. The maximum atomic E-state index is 12.7. The number of hydrogen-bond acceptors (Lipinski definition) is 4. The van der Waals surface area contributed by atoms with Crippen molar-refractivity contribution in [2.45, 2.75) is 19.4 Å². The number of hydrogen-bond donors (Lipinski definition) is 1. The summed E-state index contributed by atoms with van der Waals surface area (Å²) in [5.41, 5.74) is 3.40. The van der Waals surface area contributed by atoms with Crippen LogP contribution in [-0.2, 0) is 20.9 Å². The Morgan fingerprint density at radius 2 is 1.69 bits per heavy atom. The normalized spacial score (nSPS) is 12.8. The molecule has 1 N–H and O–H groups in total. The van der Waals surface area contributed by atoms with Gasteiger partial charge < -0.3 is 20.0 Å². The lowest BCUT2D eigenvalue weighted by molar-refractivity contribution is -0.132. The molecule has 7 heteroatoms. The Kier molecular flexibility index (Phi) is 6.16. The predicted octanol–water partition coefficient (Wildman–Crippen LogP) is 2.48. The first-order valence-corrected chi connectivity index (χ1v) is 9.54. The zero-order valence-electron chi connectivity index (χ0n) is 17.0. The summed E-state index contributed by atoms with van der Waals surface area (Å²) in [6.07, 6.45) is 0.162. The van der Waals surface area contributed by atoms with E-state index in [9.17, 15) is 14.4 Å². The van der Waals surface area contributed by atoms with E-state index in [0.29, 0.717) is 17.9 Å². The molecule has 0 bridgehead atoms. The molecular weight excluding hydrogens is 368 g/mol. The van der Waals surface area contributed by atoms with E-state index in [1.807, 2.05) is 49.3 Å². The molecule has 0 saturated heterocycles. The van der Waals surface area contributed by atoms with Gasteiger partial charge in [0.25, 0.3) is 0 Å². The molecule has 0 fully saturated rings. The summed E-state index contributed by atoms with van der Waals surface area (Å²) in [5.74, 6) is -0.573. The molecule has 3 amide bonds. The van der Waals surface area contributed by atoms with Crippen LogP contribution in [0.25, 0.3) is 0 Å². The van der Waals surface area contributed by atoms with Gasteiger partial charge in [-0.2, -0.15) is 0 Å². The van der Waals surface area contributed by atoms with Crippen molar-refractivity contribution in [3.8, 4) is 0 Å². The van der Waals surface area contributed by atoms with Crippen LogP contribution in [0.3, 0.4) is 0 Å². The fourth-order valence-corrected chi connectivity index (χ4v) is 3.26. The first kappa shape index (κ1) is 20.4. The number of rotatable bonds is 6. The van der Waals surface area contributed by atoms with E-state index >= 15 is 0 Å². The molecule has 0 unspecified atom stereocenters. The smallest absolute Gasteiger partial charge is 0.244 e. The van der Waals surface area contributed by atoms with Crippen LogP contribution in [0, 0.1) is 0 Å². The molecule has 7 nitrogen and oxygen atoms in total. The molecule has 0 saturated carbocycles. The molecule has 1 aliphatic heterocycles. The largest absolute Gasteiger partial charge is 0.378 e. The van der Waals surface area contributed by atoms with Crippen LogP contribution in [0.15, 0.2) is 48.5 Å². The Bertz CT molecular complexity index is 909. The van der Waals surface area contributed by atoms with Gasteiger partial charge in [-0.1, -0.05) is 24.3 Å². The zero-order valence-corrected chi connectivity index (χ0v) is 17.0. The number of benzene rings is 2. The van der Waals surface area contributed by atoms with Crippen LogP contribution in [-0.4, -0.2) is 50.3 Å². The summed E-state index contributed by atoms with van der Waals surface area (Å²) in [5, 5.41) is 2.75. The molecule has 3 rings (SSSR count). The molecule has 2 aromatic carbocycles. The maximum Gasteiger partial charge on any atom is 0.244 e. The van der Waals surface area contributed by atoms with E-state index in [4.69, 9.17) is 0 Å². The average Bonchev–Trinajstić information content (AvgIpc) is 2.71. The molecule has 0 radical (unpaired) electrons. The SMILES string of the molecule is CN(Cc1ccc(N(C)C)cc1)C(=O)CCC(=O)N1CC(=O)Nc2ccccc21. The highest BCUT2D eigenvalue weighted by atomic mass is 16.2. The van der Waals surface area contributed by atoms with Crippen molar-refractivity contribution in [2.75, 3.05) is 42.8 Å². The minimum absolute atomic E-state index is 0.0297. The number of para-hydroxylation sites is 2. The number of nitrogens with zero attached hydrogens (tertiary/aromatic N) is 3. The number of amides is 3. The van der Waals surface area contributed by atoms with E-state index in [-0.39, 0.29) is 37.1 Å². The summed E-state index contributed by atoms with van der Waals surface area (Å²) < 4.78 is 0. The topological polar surface area (TPSA) is 73.0 Å². The van der Waals surface area contributed by atoms with Crippen molar-refractivity contribution in [3.63, 3.8) is 0 Å². The summed E-state index contributed by atoms with van der Waals surface area (Å²) in [7, 11) is 5.69. The molecule has 0 aliphatic carbocycles. The lowest BCUT2D eigenvalue weighted by Gasteiger charge is -2.29. The fraction of sp³-hybridized carbons (Fsp3) is 0.318. The average molecular weight is 394 g/mol. The van der Waals surface area contributed by atoms with Gasteiger partial charge in [0.05, 0.1) is 11.4 Å². The third kappa shape index (κ3) is 4.93. The van der Waals surface area contributed by atoms with Gasteiger partial charge in [0.15, 0.2) is 0 Å². The zero-order chi connectivity index (χ0) is 21.0. The molecule has 1 heterocycles. The third-order valence-corrected chi connectivity index (χ3v) is 4.92. The van der Waals surface area contributed by atoms with E-state index in [2.05, 4.69) is 5.32 Å². The van der Waals surface area contributed by atoms with Gasteiger partial charge in [-0.15, -0.1) is 0 Å². The van der Waals surface area contributed by atoms with Gasteiger partial charge >= 0.3 is 0 Å². The van der Waals surface area contributed by atoms with Crippen LogP contribution >= 0.6 is 0 Å². The van der Waals surface area contributed by atoms with Gasteiger partial charge in [0.1, 0.15) is 6.54 Å². The number of anilines is 3. The summed E-state index contributed by atoms with van der Waals surface area (Å²) in [4.78, 5) is 42.1. The van der Waals surface area contributed by atoms with E-state index in [1.165, 1.54) is 4.90 Å². The van der Waals surface area contributed by atoms with Crippen molar-refractivity contribution in [1.29, 1.82) is 0 Å². The Hall–Kier alpha value is -3.35. The molecule has 0 atom stereocenters. The van der Waals surface area contributed by atoms with Crippen LogP contribution in [0.5, 0.6) is 0 Å². The highest BCUT2D eigenvalue weighted by Gasteiger charge is 2.26. The molecule has 0 aromatic heterocycles. The highest BCUT2D eigenvalue weighted by Crippen LogP contribution is 2.29. The second-order valence-electron chi connectivity index (χ2n) is 7.36. The molecule has 0 spiro atoms. The van der Waals surface area contributed by atoms with Crippen LogP contribution in [0.2, 0.25) is 0 Å². The molecule has 1 aliphatic rings. The number of carbonyl (C=O) groups is 3. The Morgan fingerprint density at radius 1 is 1.00 bits per heavy atom. The van der Waals surface area contributed by atoms with E-state index in [0.717, 1.165) is 11.3 Å². The van der Waals surface area contributed by atoms with Gasteiger partial charge in [-0.25, -0.2) is 0 Å². The van der Waals surface area contributed by atoms with Crippen LogP contribution < -0.4 is 15.1 Å². The highest BCUT2D eigenvalue weighted by molar-refractivity contribution is 6.10. The quantitative estimate of drug-likeness (QED) is 0.817. The monoisotopic (exact) mass is 394 g/mol. The van der Waals surface area contributed by atoms with Crippen LogP contribution in [0.4, 0.5) is 17.1 Å². The summed E-state index contributed by atoms with van der Waals surface area (Å²) in [6.45, 7) is 0.452. The van der Waals surface area contributed by atoms with E-state index < -0.39 is 0 Å². The Labute approximate surface area is 170 Å². The second kappa shape index (κ2) is 8.77. The number of nitrogens with one attached hydrogen (secondary N) is 1. The Morgan fingerprint density at radius 3 is 2.38 bits per heavy atom. The molecule has 29 heavy (non-hydrogen) atoms. The van der Waals surface area contributed by atoms with Gasteiger partial charge in [0.2, 0.25) is 17.7 Å². The van der Waals surface area contributed by atoms with Crippen molar-refractivity contribution >= 4 is 34.8 Å². The van der Waals surface area contributed by atoms with Crippen molar-refractivity contribution < 1.29 is 14.4 Å². The second-order valence-corrected chi connectivity index (χ2v) is 7.36. The first-order chi connectivity index (χ1) is 13.8. The molecule has 152 valence electrons. The standard InChI is InChI=1S/C22H26N4O3/c1-24(2)17-10-8-16(9-11-17)14-25(3)21(28)12-13-22(29)26-15-20(27)23-18-6-4-5-7-19(18)26/h4-11H,12-15H2,1-3H3,(H,23,27). The summed E-state index contributed by atoms with van der Waals surface area (Å²) in [6, 6.07) is 15.2. The predicted molar refractivity (Wildman–Crippen MR) is 114 cm³/mol. The van der Waals surface area contributed by atoms with Crippen molar-refractivity contribution in [3.05, 3.63) is 54.1 Å². The van der Waals surface area contributed by atoms with Gasteiger partial charge in [-0.3, -0.25) is 14.4 Å². The van der Waals surface area contributed by atoms with Gasteiger partial charge in [0, 0.05) is 46.2 Å². The minimum Gasteiger partial charge on any atom is -0.378 e. The third-order valence-electron chi connectivity index (χ3n) is 4.92. The fourth-order valence-electron chi connectivity index (χ4n) is 3.26. The lowest BCUT2D eigenvalue weighted by atomic mass is 10.1. The Balaban J connectivity index is 1.56. The molecular formula is C22H26N4O3. The van der Waals surface area contributed by atoms with Crippen LogP contribution in [0.1, 0.15) is 18.4 Å². The molecule has 2 aromatic rings. The first-order valence-electron chi connectivity index (χ1n) is 9.54. The van der Waals surface area contributed by atoms with Gasteiger partial charge in [-0.05, 0) is 29.8 Å². The lowest BCUT2D eigenvalue weighted by Crippen LogP contribution is -2.42. The number of fused-ring (bicyclic) bond motifs is 1. The minimum atomic E-state index is -0.235. The number of carbonyl (C=O) groups excluding carboxylic acids is 3. The van der Waals surface area contributed by atoms with Crippen molar-refractivity contribution in [1.82, 2.24) is 4.90 Å². The van der Waals surface area contributed by atoms with Crippen molar-refractivity contribution in [2.24, 2.45) is 0 Å².